The van der Waals surface area contributed by atoms with Gasteiger partial charge in [0.15, 0.2) is 0 Å². The van der Waals surface area contributed by atoms with Gasteiger partial charge in [-0.15, -0.1) is 0 Å². The van der Waals surface area contributed by atoms with E-state index in [1.807, 2.05) is 24.3 Å². The zero-order valence-corrected chi connectivity index (χ0v) is 18.5. The monoisotopic (exact) mass is 464 g/mol. The van der Waals surface area contributed by atoms with Crippen molar-refractivity contribution in [3.05, 3.63) is 64.7 Å². The van der Waals surface area contributed by atoms with Crippen LogP contribution in [-0.2, 0) is 38.8 Å². The fourth-order valence-corrected chi connectivity index (χ4v) is 4.36. The Morgan fingerprint density at radius 2 is 1.88 bits per heavy atom. The van der Waals surface area contributed by atoms with Crippen LogP contribution in [-0.4, -0.2) is 59.2 Å². The molecule has 3 aliphatic rings. The van der Waals surface area contributed by atoms with Gasteiger partial charge in [0.05, 0.1) is 14.5 Å². The van der Waals surface area contributed by atoms with Gasteiger partial charge in [-0.1, -0.05) is 30.3 Å². The van der Waals surface area contributed by atoms with Crippen molar-refractivity contribution in [1.29, 1.82) is 0 Å². The summed E-state index contributed by atoms with van der Waals surface area (Å²) in [6.45, 7) is 2.10. The van der Waals surface area contributed by atoms with Gasteiger partial charge >= 0.3 is 0 Å². The van der Waals surface area contributed by atoms with Gasteiger partial charge in [-0.05, 0) is 29.7 Å². The maximum absolute atomic E-state index is 13.0. The molecule has 5 rings (SSSR count). The third kappa shape index (κ3) is 4.38. The molecule has 0 radical (unpaired) electrons. The van der Waals surface area contributed by atoms with Crippen LogP contribution in [0.3, 0.4) is 0 Å². The molecular formula is C25H25N3O6. The Kier molecular flexibility index (Phi) is 5.68. The molecule has 9 nitrogen and oxygen atoms in total. The highest BCUT2D eigenvalue weighted by Crippen LogP contribution is 2.34. The molecule has 4 amide bonds. The number of nitrogens with zero attached hydrogens (tertiary/aromatic N) is 2. The number of fused-ring (bicyclic) bond motifs is 1. The average Bonchev–Trinajstić information content (AvgIpc) is 3.20. The minimum absolute atomic E-state index is 0.00835. The fraction of sp³-hybridized carbons (Fsp3) is 0.360. The first kappa shape index (κ1) is 20.9. The second-order valence-electron chi connectivity index (χ2n) is 8.47. The molecule has 34 heavy (non-hydrogen) atoms. The fourth-order valence-electron chi connectivity index (χ4n) is 4.36. The number of imide groups is 1. The summed E-state index contributed by atoms with van der Waals surface area (Å²) in [6, 6.07) is 11.1. The Labute approximate surface area is 198 Å². The predicted molar refractivity (Wildman–Crippen MR) is 119 cm³/mol. The van der Waals surface area contributed by atoms with Gasteiger partial charge in [-0.2, -0.15) is 0 Å². The summed E-state index contributed by atoms with van der Waals surface area (Å²) in [7, 11) is 0. The van der Waals surface area contributed by atoms with Crippen molar-refractivity contribution < 1.29 is 30.0 Å². The van der Waals surface area contributed by atoms with Crippen molar-refractivity contribution in [2.45, 2.75) is 38.6 Å². The molecule has 0 aliphatic carbocycles. The number of rotatable bonds is 6. The van der Waals surface area contributed by atoms with E-state index < -0.39 is 23.7 Å². The molecular weight excluding hydrogens is 438 g/mol. The number of morpholine rings is 1. The predicted octanol–water partition coefficient (Wildman–Crippen LogP) is 1.39. The van der Waals surface area contributed by atoms with Crippen molar-refractivity contribution >= 4 is 23.6 Å². The summed E-state index contributed by atoms with van der Waals surface area (Å²) in [4.78, 5) is 51.9. The molecule has 1 N–H and O–H groups in total. The van der Waals surface area contributed by atoms with Gasteiger partial charge in [-0.25, -0.2) is 0 Å². The Balaban J connectivity index is 1.26. The van der Waals surface area contributed by atoms with E-state index in [0.29, 0.717) is 36.6 Å². The van der Waals surface area contributed by atoms with Crippen LogP contribution in [0.4, 0.5) is 0 Å². The van der Waals surface area contributed by atoms with Crippen molar-refractivity contribution in [3.63, 3.8) is 0 Å². The lowest BCUT2D eigenvalue weighted by Crippen LogP contribution is -2.52. The number of carbonyl (C=O) groups is 4. The number of hydrogen-bond acceptors (Lipinski definition) is 6. The summed E-state index contributed by atoms with van der Waals surface area (Å²) in [5, 5.41) is 2.17. The maximum atomic E-state index is 13.0. The highest BCUT2D eigenvalue weighted by atomic mass is 16.5. The van der Waals surface area contributed by atoms with Crippen LogP contribution in [0.2, 0.25) is 0 Å². The van der Waals surface area contributed by atoms with E-state index in [4.69, 9.17) is 10.8 Å². The Bertz CT molecular complexity index is 1200. The molecule has 0 saturated carbocycles. The molecule has 2 saturated heterocycles. The SMILES string of the molecule is [2H]C1(N2Cc3c(OCc4ccc(CN5CCOCC5=O)cc4)cccc3C2=O)CCC(=O)NC1=O. The van der Waals surface area contributed by atoms with Crippen molar-refractivity contribution in [2.24, 2.45) is 0 Å². The van der Waals surface area contributed by atoms with Gasteiger partial charge in [0, 0.05) is 30.6 Å². The molecule has 0 bridgehead atoms. The van der Waals surface area contributed by atoms with E-state index in [-0.39, 0.29) is 38.5 Å². The first-order valence-corrected chi connectivity index (χ1v) is 11.2. The van der Waals surface area contributed by atoms with E-state index in [0.717, 1.165) is 11.1 Å². The maximum Gasteiger partial charge on any atom is 0.255 e. The molecule has 1 unspecified atom stereocenters. The molecule has 2 aromatic carbocycles. The minimum atomic E-state index is -1.83. The van der Waals surface area contributed by atoms with Gasteiger partial charge in [0.25, 0.3) is 5.91 Å². The minimum Gasteiger partial charge on any atom is -0.489 e. The number of carbonyl (C=O) groups excluding carboxylic acids is 4. The van der Waals surface area contributed by atoms with E-state index in [9.17, 15) is 19.2 Å². The molecule has 2 aromatic rings. The molecule has 9 heteroatoms. The third-order valence-electron chi connectivity index (χ3n) is 6.23. The molecule has 3 aliphatic heterocycles. The number of amides is 4. The van der Waals surface area contributed by atoms with Crippen LogP contribution >= 0.6 is 0 Å². The molecule has 3 heterocycles. The molecule has 2 fully saturated rings. The zero-order valence-electron chi connectivity index (χ0n) is 19.5. The molecule has 0 aromatic heterocycles. The quantitative estimate of drug-likeness (QED) is 0.648. The number of ether oxygens (including phenoxy) is 2. The molecule has 1 atom stereocenters. The first-order valence-electron chi connectivity index (χ1n) is 11.7. The number of benzene rings is 2. The number of hydrogen-bond donors (Lipinski definition) is 1. The summed E-state index contributed by atoms with van der Waals surface area (Å²) in [5.74, 6) is -1.15. The summed E-state index contributed by atoms with van der Waals surface area (Å²) >= 11 is 0. The summed E-state index contributed by atoms with van der Waals surface area (Å²) in [5.41, 5.74) is 2.94. The lowest BCUT2D eigenvalue weighted by Gasteiger charge is -2.29. The average molecular weight is 464 g/mol. The summed E-state index contributed by atoms with van der Waals surface area (Å²) in [6.07, 6.45) is -0.0373. The van der Waals surface area contributed by atoms with Crippen LogP contribution in [0.25, 0.3) is 0 Å². The second kappa shape index (κ2) is 9.26. The van der Waals surface area contributed by atoms with Gasteiger partial charge in [0.2, 0.25) is 17.7 Å². The first-order chi connectivity index (χ1) is 16.8. The van der Waals surface area contributed by atoms with Crippen molar-refractivity contribution in [1.82, 2.24) is 15.1 Å². The lowest BCUT2D eigenvalue weighted by atomic mass is 10.0. The topological polar surface area (TPSA) is 105 Å². The lowest BCUT2D eigenvalue weighted by molar-refractivity contribution is -0.143. The van der Waals surface area contributed by atoms with Gasteiger partial charge < -0.3 is 19.3 Å². The third-order valence-corrected chi connectivity index (χ3v) is 6.23. The van der Waals surface area contributed by atoms with Crippen molar-refractivity contribution in [3.8, 4) is 5.75 Å². The highest BCUT2D eigenvalue weighted by Gasteiger charge is 2.40. The van der Waals surface area contributed by atoms with E-state index in [2.05, 4.69) is 5.32 Å². The van der Waals surface area contributed by atoms with Crippen LogP contribution in [0.1, 0.15) is 41.3 Å². The number of piperidine rings is 1. The highest BCUT2D eigenvalue weighted by molar-refractivity contribution is 6.05. The van der Waals surface area contributed by atoms with E-state index in [1.54, 1.807) is 23.1 Å². The Hall–Kier alpha value is -3.72. The van der Waals surface area contributed by atoms with Crippen molar-refractivity contribution in [2.75, 3.05) is 19.8 Å². The normalized spacial score (nSPS) is 23.0. The van der Waals surface area contributed by atoms with Crippen LogP contribution in [0.15, 0.2) is 42.5 Å². The van der Waals surface area contributed by atoms with Gasteiger partial charge in [-0.3, -0.25) is 24.5 Å². The second-order valence-corrected chi connectivity index (χ2v) is 8.47. The zero-order chi connectivity index (χ0) is 24.6. The standard InChI is InChI=1S/C25H25N3O6/c29-22-9-8-20(24(31)26-22)28-13-19-18(25(28)32)2-1-3-21(19)34-14-17-6-4-16(5-7-17)12-27-10-11-33-15-23(27)30/h1-7,20H,8-15H2,(H,26,29,31)/i20D. The van der Waals surface area contributed by atoms with Crippen LogP contribution < -0.4 is 10.1 Å². The Morgan fingerprint density at radius 3 is 2.65 bits per heavy atom. The molecule has 176 valence electrons. The van der Waals surface area contributed by atoms with E-state index in [1.165, 1.54) is 4.90 Å². The van der Waals surface area contributed by atoms with Crippen LogP contribution in [0.5, 0.6) is 5.75 Å². The Morgan fingerprint density at radius 1 is 1.09 bits per heavy atom. The van der Waals surface area contributed by atoms with E-state index >= 15 is 0 Å². The van der Waals surface area contributed by atoms with Gasteiger partial charge in [0.1, 0.15) is 25.0 Å². The smallest absolute Gasteiger partial charge is 0.255 e. The molecule has 0 spiro atoms. The van der Waals surface area contributed by atoms with Crippen LogP contribution in [0, 0.1) is 0 Å². The number of nitrogens with one attached hydrogen (secondary N) is 1. The largest absolute Gasteiger partial charge is 0.489 e. The summed E-state index contributed by atoms with van der Waals surface area (Å²) < 4.78 is 19.8.